The molecule has 1 aromatic rings. The Balaban J connectivity index is 2.80. The van der Waals surface area contributed by atoms with E-state index >= 15 is 0 Å². The molecule has 0 aliphatic rings. The summed E-state index contributed by atoms with van der Waals surface area (Å²) >= 11 is 5.98. The van der Waals surface area contributed by atoms with Gasteiger partial charge in [-0.05, 0) is 43.0 Å². The summed E-state index contributed by atoms with van der Waals surface area (Å²) in [6.45, 7) is 4.91. The van der Waals surface area contributed by atoms with E-state index in [2.05, 4.69) is 13.8 Å². The third-order valence-electron chi connectivity index (χ3n) is 2.49. The average Bonchev–Trinajstić information content (AvgIpc) is 2.28. The summed E-state index contributed by atoms with van der Waals surface area (Å²) in [4.78, 5) is 0. The molecule has 1 aromatic carbocycles. The Morgan fingerprint density at radius 3 is 2.75 bits per heavy atom. The first kappa shape index (κ1) is 13.3. The van der Waals surface area contributed by atoms with Gasteiger partial charge < -0.3 is 10.5 Å². The topological polar surface area (TPSA) is 35.2 Å². The van der Waals surface area contributed by atoms with Gasteiger partial charge in [0.2, 0.25) is 0 Å². The highest BCUT2D eigenvalue weighted by molar-refractivity contribution is 6.30. The van der Waals surface area contributed by atoms with Crippen LogP contribution in [-0.2, 0) is 6.42 Å². The van der Waals surface area contributed by atoms with Gasteiger partial charge in [-0.3, -0.25) is 0 Å². The van der Waals surface area contributed by atoms with Crippen molar-refractivity contribution >= 4 is 11.6 Å². The van der Waals surface area contributed by atoms with Gasteiger partial charge in [-0.2, -0.15) is 0 Å². The molecule has 0 radical (unpaired) electrons. The maximum Gasteiger partial charge on any atom is 0.122 e. The molecule has 0 bridgehead atoms. The molecule has 1 unspecified atom stereocenters. The second kappa shape index (κ2) is 6.77. The summed E-state index contributed by atoms with van der Waals surface area (Å²) in [5, 5.41) is 0.738. The molecule has 0 aliphatic heterocycles. The molecule has 0 spiro atoms. The van der Waals surface area contributed by atoms with Crippen molar-refractivity contribution in [2.75, 3.05) is 6.61 Å². The normalized spacial score (nSPS) is 12.5. The van der Waals surface area contributed by atoms with Gasteiger partial charge >= 0.3 is 0 Å². The molecule has 0 heterocycles. The molecular weight excluding hydrogens is 222 g/mol. The maximum absolute atomic E-state index is 5.98. The van der Waals surface area contributed by atoms with Gasteiger partial charge in [0.1, 0.15) is 5.75 Å². The predicted octanol–water partition coefficient (Wildman–Crippen LogP) is 3.41. The summed E-state index contributed by atoms with van der Waals surface area (Å²) in [6.07, 6.45) is 2.78. The fourth-order valence-electron chi connectivity index (χ4n) is 1.49. The number of benzene rings is 1. The Morgan fingerprint density at radius 2 is 2.12 bits per heavy atom. The lowest BCUT2D eigenvalue weighted by molar-refractivity contribution is 0.313. The molecule has 0 fully saturated rings. The first-order valence-corrected chi connectivity index (χ1v) is 6.22. The van der Waals surface area contributed by atoms with Crippen molar-refractivity contribution in [1.29, 1.82) is 0 Å². The fraction of sp³-hybridized carbons (Fsp3) is 0.538. The zero-order chi connectivity index (χ0) is 12.0. The molecule has 1 atom stereocenters. The van der Waals surface area contributed by atoms with Crippen molar-refractivity contribution in [1.82, 2.24) is 0 Å². The van der Waals surface area contributed by atoms with Gasteiger partial charge in [0.25, 0.3) is 0 Å². The zero-order valence-corrected chi connectivity index (χ0v) is 10.8. The SMILES string of the molecule is CCCOc1ccc(Cl)cc1CC(N)CC. The minimum atomic E-state index is 0.169. The van der Waals surface area contributed by atoms with Gasteiger partial charge in [0.15, 0.2) is 0 Å². The Bertz CT molecular complexity index is 328. The molecule has 3 heteroatoms. The van der Waals surface area contributed by atoms with Crippen LogP contribution in [0.25, 0.3) is 0 Å². The van der Waals surface area contributed by atoms with Gasteiger partial charge in [-0.25, -0.2) is 0 Å². The van der Waals surface area contributed by atoms with Gasteiger partial charge in [-0.1, -0.05) is 25.4 Å². The highest BCUT2D eigenvalue weighted by Crippen LogP contribution is 2.24. The molecule has 16 heavy (non-hydrogen) atoms. The molecular formula is C13H20ClNO. The monoisotopic (exact) mass is 241 g/mol. The smallest absolute Gasteiger partial charge is 0.122 e. The third kappa shape index (κ3) is 4.03. The van der Waals surface area contributed by atoms with Crippen LogP contribution in [0, 0.1) is 0 Å². The zero-order valence-electron chi connectivity index (χ0n) is 10.0. The first-order valence-electron chi connectivity index (χ1n) is 5.84. The second-order valence-corrected chi connectivity index (χ2v) is 4.41. The van der Waals surface area contributed by atoms with E-state index in [0.29, 0.717) is 0 Å². The van der Waals surface area contributed by atoms with E-state index < -0.39 is 0 Å². The highest BCUT2D eigenvalue weighted by Gasteiger charge is 2.08. The van der Waals surface area contributed by atoms with Gasteiger partial charge in [0.05, 0.1) is 6.61 Å². The van der Waals surface area contributed by atoms with Crippen molar-refractivity contribution in [3.05, 3.63) is 28.8 Å². The van der Waals surface area contributed by atoms with Crippen LogP contribution in [0.3, 0.4) is 0 Å². The van der Waals surface area contributed by atoms with Gasteiger partial charge in [0, 0.05) is 11.1 Å². The van der Waals surface area contributed by atoms with Crippen LogP contribution in [-0.4, -0.2) is 12.6 Å². The third-order valence-corrected chi connectivity index (χ3v) is 2.73. The molecule has 1 rings (SSSR count). The largest absolute Gasteiger partial charge is 0.493 e. The molecule has 2 nitrogen and oxygen atoms in total. The second-order valence-electron chi connectivity index (χ2n) is 3.97. The molecule has 0 saturated heterocycles. The van der Waals surface area contributed by atoms with Crippen molar-refractivity contribution < 1.29 is 4.74 Å². The van der Waals surface area contributed by atoms with E-state index in [1.54, 1.807) is 0 Å². The quantitative estimate of drug-likeness (QED) is 0.829. The number of rotatable bonds is 6. The number of hydrogen-bond donors (Lipinski definition) is 1. The lowest BCUT2D eigenvalue weighted by atomic mass is 10.0. The van der Waals surface area contributed by atoms with E-state index in [4.69, 9.17) is 22.1 Å². The van der Waals surface area contributed by atoms with Crippen molar-refractivity contribution in [2.24, 2.45) is 5.73 Å². The summed E-state index contributed by atoms with van der Waals surface area (Å²) < 4.78 is 5.67. The Hall–Kier alpha value is -0.730. The first-order chi connectivity index (χ1) is 7.67. The van der Waals surface area contributed by atoms with Crippen LogP contribution in [0.1, 0.15) is 32.3 Å². The molecule has 2 N–H and O–H groups in total. The molecule has 0 aliphatic carbocycles. The lowest BCUT2D eigenvalue weighted by Gasteiger charge is -2.14. The number of nitrogens with two attached hydrogens (primary N) is 1. The predicted molar refractivity (Wildman–Crippen MR) is 69.2 cm³/mol. The average molecular weight is 242 g/mol. The standard InChI is InChI=1S/C13H20ClNO/c1-3-7-16-13-6-5-11(14)8-10(13)9-12(15)4-2/h5-6,8,12H,3-4,7,9,15H2,1-2H3. The van der Waals surface area contributed by atoms with Crippen LogP contribution in [0.15, 0.2) is 18.2 Å². The summed E-state index contributed by atoms with van der Waals surface area (Å²) in [5.41, 5.74) is 7.06. The number of hydrogen-bond acceptors (Lipinski definition) is 2. The highest BCUT2D eigenvalue weighted by atomic mass is 35.5. The lowest BCUT2D eigenvalue weighted by Crippen LogP contribution is -2.21. The molecule has 0 aromatic heterocycles. The maximum atomic E-state index is 5.98. The Morgan fingerprint density at radius 1 is 1.38 bits per heavy atom. The van der Waals surface area contributed by atoms with E-state index in [1.165, 1.54) is 0 Å². The van der Waals surface area contributed by atoms with Crippen LogP contribution in [0.2, 0.25) is 5.02 Å². The number of halogens is 1. The van der Waals surface area contributed by atoms with E-state index in [-0.39, 0.29) is 6.04 Å². The van der Waals surface area contributed by atoms with E-state index in [0.717, 1.165) is 42.2 Å². The summed E-state index contributed by atoms with van der Waals surface area (Å²) in [5.74, 6) is 0.912. The number of ether oxygens (including phenoxy) is 1. The Labute approximate surface area is 103 Å². The Kier molecular flexibility index (Phi) is 5.64. The minimum absolute atomic E-state index is 0.169. The van der Waals surface area contributed by atoms with Crippen LogP contribution in [0.5, 0.6) is 5.75 Å². The molecule has 90 valence electrons. The van der Waals surface area contributed by atoms with Crippen LogP contribution in [0.4, 0.5) is 0 Å². The minimum Gasteiger partial charge on any atom is -0.493 e. The van der Waals surface area contributed by atoms with Crippen LogP contribution >= 0.6 is 11.6 Å². The van der Waals surface area contributed by atoms with Crippen molar-refractivity contribution in [2.45, 2.75) is 39.2 Å². The summed E-state index contributed by atoms with van der Waals surface area (Å²) in [6, 6.07) is 5.90. The van der Waals surface area contributed by atoms with E-state index in [9.17, 15) is 0 Å². The van der Waals surface area contributed by atoms with Crippen molar-refractivity contribution in [3.63, 3.8) is 0 Å². The van der Waals surface area contributed by atoms with E-state index in [1.807, 2.05) is 18.2 Å². The summed E-state index contributed by atoms with van der Waals surface area (Å²) in [7, 11) is 0. The molecule has 0 amide bonds. The van der Waals surface area contributed by atoms with Gasteiger partial charge in [-0.15, -0.1) is 0 Å². The fourth-order valence-corrected chi connectivity index (χ4v) is 1.68. The van der Waals surface area contributed by atoms with Crippen molar-refractivity contribution in [3.8, 4) is 5.75 Å². The van der Waals surface area contributed by atoms with Crippen LogP contribution < -0.4 is 10.5 Å². The molecule has 0 saturated carbocycles.